The number of amides is 1. The summed E-state index contributed by atoms with van der Waals surface area (Å²) in [5.41, 5.74) is -0.0850. The van der Waals surface area contributed by atoms with E-state index >= 15 is 0 Å². The van der Waals surface area contributed by atoms with E-state index in [1.165, 1.54) is 0 Å². The van der Waals surface area contributed by atoms with Gasteiger partial charge in [0.25, 0.3) is 3.91 Å². The molecule has 8 heavy (non-hydrogen) atoms. The van der Waals surface area contributed by atoms with Gasteiger partial charge in [0.15, 0.2) is 0 Å². The zero-order chi connectivity index (χ0) is 6.78. The van der Waals surface area contributed by atoms with Crippen LogP contribution in [0, 0.1) is 0 Å². The third-order valence-corrected chi connectivity index (χ3v) is 0.743. The molecular formula is C5H10INO. The number of carbonyl (C=O) groups is 1. The van der Waals surface area contributed by atoms with Crippen LogP contribution < -0.4 is 5.32 Å². The summed E-state index contributed by atoms with van der Waals surface area (Å²) in [5, 5.41) is 2.73. The highest BCUT2D eigenvalue weighted by Gasteiger charge is 2.09. The van der Waals surface area contributed by atoms with Crippen LogP contribution in [0.1, 0.15) is 20.8 Å². The Morgan fingerprint density at radius 3 is 1.88 bits per heavy atom. The van der Waals surface area contributed by atoms with Crippen molar-refractivity contribution < 1.29 is 4.79 Å². The van der Waals surface area contributed by atoms with Gasteiger partial charge < -0.3 is 5.32 Å². The molecule has 0 fully saturated rings. The van der Waals surface area contributed by atoms with Crippen LogP contribution in [-0.4, -0.2) is 9.45 Å². The number of hydrogen-bond donors (Lipinski definition) is 1. The lowest BCUT2D eigenvalue weighted by Gasteiger charge is -2.17. The van der Waals surface area contributed by atoms with Gasteiger partial charge in [-0.3, -0.25) is 4.79 Å². The second-order valence-electron chi connectivity index (χ2n) is 2.65. The fourth-order valence-corrected chi connectivity index (χ4v) is 1.10. The van der Waals surface area contributed by atoms with E-state index in [1.807, 2.05) is 20.8 Å². The molecule has 48 valence electrons. The molecule has 0 aromatic heterocycles. The molecule has 0 spiro atoms. The van der Waals surface area contributed by atoms with E-state index in [2.05, 4.69) is 5.32 Å². The Bertz CT molecular complexity index is 95.1. The van der Waals surface area contributed by atoms with Crippen LogP contribution >= 0.6 is 22.6 Å². The van der Waals surface area contributed by atoms with E-state index in [9.17, 15) is 4.79 Å². The van der Waals surface area contributed by atoms with Gasteiger partial charge in [-0.2, -0.15) is 0 Å². The molecule has 0 aliphatic carbocycles. The molecule has 0 saturated heterocycles. The first-order valence-corrected chi connectivity index (χ1v) is 3.47. The van der Waals surface area contributed by atoms with Crippen molar-refractivity contribution >= 4 is 26.5 Å². The van der Waals surface area contributed by atoms with Crippen molar-refractivity contribution in [2.45, 2.75) is 26.3 Å². The molecule has 3 heteroatoms. The van der Waals surface area contributed by atoms with Crippen molar-refractivity contribution in [2.75, 3.05) is 0 Å². The number of hydrogen-bond acceptors (Lipinski definition) is 1. The monoisotopic (exact) mass is 227 g/mol. The van der Waals surface area contributed by atoms with Gasteiger partial charge in [0.05, 0.1) is 0 Å². The maximum atomic E-state index is 10.3. The van der Waals surface area contributed by atoms with Crippen molar-refractivity contribution in [2.24, 2.45) is 0 Å². The number of rotatable bonds is 0. The first-order chi connectivity index (χ1) is 3.42. The van der Waals surface area contributed by atoms with Gasteiger partial charge in [0.2, 0.25) is 0 Å². The number of nitrogens with one attached hydrogen (secondary N) is 1. The molecule has 0 aliphatic heterocycles. The van der Waals surface area contributed by atoms with Crippen LogP contribution in [-0.2, 0) is 0 Å². The summed E-state index contributed by atoms with van der Waals surface area (Å²) >= 11 is 1.72. The standard InChI is InChI=1S/C5H10INO/c1-5(2,3)7-4(6)8/h1-3H3,(H,7,8). The second-order valence-corrected chi connectivity index (χ2v) is 3.63. The smallest absolute Gasteiger partial charge is 0.281 e. The number of carbonyl (C=O) groups excluding carboxylic acids is 1. The average Bonchev–Trinajstić information content (AvgIpc) is 1.21. The molecule has 0 radical (unpaired) electrons. The third-order valence-electron chi connectivity index (χ3n) is 0.473. The summed E-state index contributed by atoms with van der Waals surface area (Å²) in [7, 11) is 0. The second kappa shape index (κ2) is 2.66. The Hall–Kier alpha value is 0.200. The van der Waals surface area contributed by atoms with Crippen LogP contribution in [0.4, 0.5) is 4.79 Å². The van der Waals surface area contributed by atoms with Gasteiger partial charge in [0, 0.05) is 28.1 Å². The molecule has 0 rings (SSSR count). The highest BCUT2D eigenvalue weighted by atomic mass is 127. The van der Waals surface area contributed by atoms with Crippen LogP contribution in [0.15, 0.2) is 0 Å². The van der Waals surface area contributed by atoms with Crippen LogP contribution in [0.25, 0.3) is 0 Å². The van der Waals surface area contributed by atoms with Crippen molar-refractivity contribution in [3.63, 3.8) is 0 Å². The molecule has 0 aromatic rings. The van der Waals surface area contributed by atoms with Crippen molar-refractivity contribution in [3.8, 4) is 0 Å². The fourth-order valence-electron chi connectivity index (χ4n) is 0.295. The van der Waals surface area contributed by atoms with Gasteiger partial charge in [-0.05, 0) is 20.8 Å². The van der Waals surface area contributed by atoms with Crippen LogP contribution in [0.2, 0.25) is 0 Å². The topological polar surface area (TPSA) is 29.1 Å². The van der Waals surface area contributed by atoms with Crippen LogP contribution in [0.3, 0.4) is 0 Å². The Morgan fingerprint density at radius 2 is 1.88 bits per heavy atom. The SMILES string of the molecule is CC(C)(C)NC(=O)I. The molecule has 0 aromatic carbocycles. The summed E-state index contributed by atoms with van der Waals surface area (Å²) in [4.78, 5) is 10.3. The molecule has 1 amide bonds. The first kappa shape index (κ1) is 8.20. The van der Waals surface area contributed by atoms with E-state index in [1.54, 1.807) is 22.6 Å². The van der Waals surface area contributed by atoms with E-state index < -0.39 is 0 Å². The quantitative estimate of drug-likeness (QED) is 0.382. The maximum absolute atomic E-state index is 10.3. The lowest BCUT2D eigenvalue weighted by Crippen LogP contribution is -2.37. The predicted molar refractivity (Wildman–Crippen MR) is 42.3 cm³/mol. The Kier molecular flexibility index (Phi) is 2.73. The van der Waals surface area contributed by atoms with Gasteiger partial charge in [-0.25, -0.2) is 0 Å². The van der Waals surface area contributed by atoms with E-state index in [0.717, 1.165) is 0 Å². The normalized spacial score (nSPS) is 11.0. The minimum atomic E-state index is -0.0850. The lowest BCUT2D eigenvalue weighted by molar-refractivity contribution is 0.255. The Labute approximate surface area is 63.2 Å². The fraction of sp³-hybridized carbons (Fsp3) is 0.800. The zero-order valence-electron chi connectivity index (χ0n) is 5.29. The highest BCUT2D eigenvalue weighted by Crippen LogP contribution is 2.00. The molecule has 2 nitrogen and oxygen atoms in total. The Morgan fingerprint density at radius 1 is 1.50 bits per heavy atom. The summed E-state index contributed by atoms with van der Waals surface area (Å²) in [6, 6.07) is 0. The van der Waals surface area contributed by atoms with E-state index in [4.69, 9.17) is 0 Å². The minimum absolute atomic E-state index is 0.00454. The summed E-state index contributed by atoms with van der Waals surface area (Å²) in [6.45, 7) is 5.84. The third kappa shape index (κ3) is 6.20. The zero-order valence-corrected chi connectivity index (χ0v) is 7.44. The van der Waals surface area contributed by atoms with Gasteiger partial charge in [-0.1, -0.05) is 0 Å². The molecule has 0 bridgehead atoms. The lowest BCUT2D eigenvalue weighted by atomic mass is 10.1. The predicted octanol–water partition coefficient (Wildman–Crippen LogP) is 1.93. The number of halogens is 1. The Balaban J connectivity index is 3.55. The average molecular weight is 227 g/mol. The molecule has 0 heterocycles. The van der Waals surface area contributed by atoms with E-state index in [0.29, 0.717) is 0 Å². The summed E-state index contributed by atoms with van der Waals surface area (Å²) in [5.74, 6) is 0. The van der Waals surface area contributed by atoms with Crippen LogP contribution in [0.5, 0.6) is 0 Å². The van der Waals surface area contributed by atoms with E-state index in [-0.39, 0.29) is 9.45 Å². The van der Waals surface area contributed by atoms with Gasteiger partial charge in [0.1, 0.15) is 0 Å². The molecule has 0 aliphatic rings. The highest BCUT2D eigenvalue weighted by molar-refractivity contribution is 14.1. The maximum Gasteiger partial charge on any atom is 0.281 e. The molecule has 0 saturated carbocycles. The van der Waals surface area contributed by atoms with Gasteiger partial charge in [-0.15, -0.1) is 0 Å². The summed E-state index contributed by atoms with van der Waals surface area (Å²) < 4.78 is -0.00454. The van der Waals surface area contributed by atoms with Crippen molar-refractivity contribution in [1.29, 1.82) is 0 Å². The first-order valence-electron chi connectivity index (χ1n) is 2.39. The molecule has 1 N–H and O–H groups in total. The minimum Gasteiger partial charge on any atom is -0.343 e. The molecule has 0 unspecified atom stereocenters. The largest absolute Gasteiger partial charge is 0.343 e. The summed E-state index contributed by atoms with van der Waals surface area (Å²) in [6.07, 6.45) is 0. The van der Waals surface area contributed by atoms with Crippen molar-refractivity contribution in [1.82, 2.24) is 5.32 Å². The van der Waals surface area contributed by atoms with Gasteiger partial charge >= 0.3 is 0 Å². The molecular weight excluding hydrogens is 217 g/mol. The molecule has 0 atom stereocenters. The van der Waals surface area contributed by atoms with Crippen molar-refractivity contribution in [3.05, 3.63) is 0 Å².